The van der Waals surface area contributed by atoms with Crippen molar-refractivity contribution in [1.82, 2.24) is 4.98 Å². The van der Waals surface area contributed by atoms with Crippen LogP contribution in [0.4, 0.5) is 0 Å². The summed E-state index contributed by atoms with van der Waals surface area (Å²) in [6.07, 6.45) is 1.41. The van der Waals surface area contributed by atoms with Gasteiger partial charge < -0.3 is 4.74 Å². The highest BCUT2D eigenvalue weighted by Gasteiger charge is 2.15. The van der Waals surface area contributed by atoms with E-state index in [4.69, 9.17) is 16.3 Å². The molecule has 0 amide bonds. The second-order valence-corrected chi connectivity index (χ2v) is 6.58. The van der Waals surface area contributed by atoms with E-state index in [9.17, 15) is 9.59 Å². The number of ether oxygens (including phenoxy) is 1. The van der Waals surface area contributed by atoms with Gasteiger partial charge in [-0.1, -0.05) is 56.6 Å². The van der Waals surface area contributed by atoms with E-state index in [2.05, 4.69) is 25.8 Å². The predicted octanol–water partition coefficient (Wildman–Crippen LogP) is 4.07. The number of aromatic nitrogens is 1. The molecule has 0 radical (unpaired) electrons. The van der Waals surface area contributed by atoms with Crippen LogP contribution >= 0.6 is 11.6 Å². The van der Waals surface area contributed by atoms with Gasteiger partial charge in [-0.05, 0) is 23.1 Å². The number of pyridine rings is 1. The van der Waals surface area contributed by atoms with E-state index in [1.807, 2.05) is 12.1 Å². The summed E-state index contributed by atoms with van der Waals surface area (Å²) in [5, 5.41) is 0.198. The van der Waals surface area contributed by atoms with Crippen molar-refractivity contribution < 1.29 is 14.3 Å². The van der Waals surface area contributed by atoms with Crippen LogP contribution in [0.25, 0.3) is 0 Å². The molecule has 2 rings (SSSR count). The van der Waals surface area contributed by atoms with Gasteiger partial charge in [0.1, 0.15) is 5.15 Å². The molecule has 1 aromatic carbocycles. The molecule has 4 nitrogen and oxygen atoms in total. The van der Waals surface area contributed by atoms with Crippen LogP contribution in [0.3, 0.4) is 0 Å². The molecule has 0 aliphatic rings. The molecule has 1 aromatic heterocycles. The highest BCUT2D eigenvalue weighted by atomic mass is 35.5. The number of Topliss-reactive ketones (excluding diaryl/α,β-unsaturated/α-hetero) is 1. The molecule has 0 aliphatic heterocycles. The first-order chi connectivity index (χ1) is 10.8. The molecule has 120 valence electrons. The van der Waals surface area contributed by atoms with Crippen molar-refractivity contribution in [2.45, 2.75) is 26.2 Å². The molecule has 0 atom stereocenters. The molecule has 5 heteroatoms. The molecule has 1 heterocycles. The lowest BCUT2D eigenvalue weighted by Crippen LogP contribution is -2.15. The normalized spacial score (nSPS) is 11.1. The maximum atomic E-state index is 12.1. The van der Waals surface area contributed by atoms with Gasteiger partial charge in [-0.25, -0.2) is 9.78 Å². The highest BCUT2D eigenvalue weighted by molar-refractivity contribution is 6.29. The first kappa shape index (κ1) is 17.2. The van der Waals surface area contributed by atoms with Crippen LogP contribution in [0, 0.1) is 0 Å². The summed E-state index contributed by atoms with van der Waals surface area (Å²) in [6, 6.07) is 10.2. The number of carbonyl (C=O) groups excluding carboxylic acids is 2. The van der Waals surface area contributed by atoms with E-state index >= 15 is 0 Å². The molecule has 0 aliphatic carbocycles. The van der Waals surface area contributed by atoms with Crippen LogP contribution in [0.15, 0.2) is 42.6 Å². The minimum absolute atomic E-state index is 0.0225. The number of halogens is 1. The average molecular weight is 332 g/mol. The molecule has 23 heavy (non-hydrogen) atoms. The largest absolute Gasteiger partial charge is 0.454 e. The topological polar surface area (TPSA) is 56.3 Å². The molecule has 0 saturated carbocycles. The van der Waals surface area contributed by atoms with Crippen LogP contribution in [-0.4, -0.2) is 23.3 Å². The molecule has 0 fully saturated rings. The zero-order valence-electron chi connectivity index (χ0n) is 13.3. The lowest BCUT2D eigenvalue weighted by atomic mass is 9.86. The number of carbonyl (C=O) groups is 2. The second kappa shape index (κ2) is 6.92. The van der Waals surface area contributed by atoms with Gasteiger partial charge >= 0.3 is 5.97 Å². The van der Waals surface area contributed by atoms with Gasteiger partial charge in [0.25, 0.3) is 0 Å². The number of nitrogens with zero attached hydrogens (tertiary/aromatic N) is 1. The van der Waals surface area contributed by atoms with Gasteiger partial charge in [-0.15, -0.1) is 0 Å². The number of ketones is 1. The van der Waals surface area contributed by atoms with Crippen LogP contribution in [0.5, 0.6) is 0 Å². The molecule has 0 bridgehead atoms. The molecule has 0 unspecified atom stereocenters. The van der Waals surface area contributed by atoms with Gasteiger partial charge in [0.2, 0.25) is 0 Å². The first-order valence-electron chi connectivity index (χ1n) is 7.20. The Kier molecular flexibility index (Phi) is 5.16. The lowest BCUT2D eigenvalue weighted by Gasteiger charge is -2.18. The van der Waals surface area contributed by atoms with Crippen molar-refractivity contribution in [1.29, 1.82) is 0 Å². The molecular weight excluding hydrogens is 314 g/mol. The van der Waals surface area contributed by atoms with Crippen LogP contribution in [0.1, 0.15) is 47.1 Å². The molecular formula is C18H18ClNO3. The standard InChI is InChI=1S/C18H18ClNO3/c1-18(2,3)14-6-4-12(5-7-14)15(21)11-23-17(22)13-8-9-20-16(19)10-13/h4-10H,11H2,1-3H3. The van der Waals surface area contributed by atoms with Gasteiger partial charge in [0, 0.05) is 11.8 Å². The smallest absolute Gasteiger partial charge is 0.338 e. The fourth-order valence-corrected chi connectivity index (χ4v) is 2.16. The van der Waals surface area contributed by atoms with E-state index in [-0.39, 0.29) is 28.5 Å². The minimum atomic E-state index is -0.603. The van der Waals surface area contributed by atoms with Gasteiger partial charge in [0.05, 0.1) is 5.56 Å². The summed E-state index contributed by atoms with van der Waals surface area (Å²) >= 11 is 5.71. The van der Waals surface area contributed by atoms with E-state index in [0.717, 1.165) is 5.56 Å². The van der Waals surface area contributed by atoms with E-state index < -0.39 is 5.97 Å². The van der Waals surface area contributed by atoms with Gasteiger partial charge in [0.15, 0.2) is 12.4 Å². The summed E-state index contributed by atoms with van der Waals surface area (Å²) < 4.78 is 5.02. The van der Waals surface area contributed by atoms with Crippen molar-refractivity contribution in [3.63, 3.8) is 0 Å². The fourth-order valence-electron chi connectivity index (χ4n) is 1.98. The Bertz CT molecular complexity index is 718. The third-order valence-corrected chi connectivity index (χ3v) is 3.58. The van der Waals surface area contributed by atoms with Crippen molar-refractivity contribution in [3.05, 3.63) is 64.4 Å². The van der Waals surface area contributed by atoms with Crippen LogP contribution in [-0.2, 0) is 10.2 Å². The van der Waals surface area contributed by atoms with Crippen molar-refractivity contribution >= 4 is 23.4 Å². The Morgan fingerprint density at radius 2 is 1.74 bits per heavy atom. The van der Waals surface area contributed by atoms with Gasteiger partial charge in [-0.2, -0.15) is 0 Å². The van der Waals surface area contributed by atoms with Crippen molar-refractivity contribution in [2.24, 2.45) is 0 Å². The zero-order valence-corrected chi connectivity index (χ0v) is 14.1. The average Bonchev–Trinajstić information content (AvgIpc) is 2.51. The Labute approximate surface area is 140 Å². The molecule has 0 spiro atoms. The lowest BCUT2D eigenvalue weighted by molar-refractivity contribution is 0.0474. The fraction of sp³-hybridized carbons (Fsp3) is 0.278. The summed E-state index contributed by atoms with van der Waals surface area (Å²) in [7, 11) is 0. The summed E-state index contributed by atoms with van der Waals surface area (Å²) in [5.41, 5.74) is 1.94. The van der Waals surface area contributed by atoms with E-state index in [0.29, 0.717) is 5.56 Å². The number of rotatable bonds is 4. The molecule has 2 aromatic rings. The van der Waals surface area contributed by atoms with Crippen LogP contribution < -0.4 is 0 Å². The summed E-state index contributed by atoms with van der Waals surface area (Å²) in [5.74, 6) is -0.854. The summed E-state index contributed by atoms with van der Waals surface area (Å²) in [4.78, 5) is 27.7. The SMILES string of the molecule is CC(C)(C)c1ccc(C(=O)COC(=O)c2ccnc(Cl)c2)cc1. The van der Waals surface area contributed by atoms with E-state index in [1.165, 1.54) is 18.3 Å². The Morgan fingerprint density at radius 1 is 1.09 bits per heavy atom. The van der Waals surface area contributed by atoms with E-state index in [1.54, 1.807) is 12.1 Å². The second-order valence-electron chi connectivity index (χ2n) is 6.19. The van der Waals surface area contributed by atoms with Crippen LogP contribution in [0.2, 0.25) is 5.15 Å². The first-order valence-corrected chi connectivity index (χ1v) is 7.57. The Morgan fingerprint density at radius 3 is 2.30 bits per heavy atom. The van der Waals surface area contributed by atoms with Gasteiger partial charge in [-0.3, -0.25) is 4.79 Å². The summed E-state index contributed by atoms with van der Waals surface area (Å²) in [6.45, 7) is 6.00. The highest BCUT2D eigenvalue weighted by Crippen LogP contribution is 2.22. The third-order valence-electron chi connectivity index (χ3n) is 3.37. The van der Waals surface area contributed by atoms with Crippen molar-refractivity contribution in [3.8, 4) is 0 Å². The van der Waals surface area contributed by atoms with Crippen molar-refractivity contribution in [2.75, 3.05) is 6.61 Å². The maximum Gasteiger partial charge on any atom is 0.338 e. The number of esters is 1. The Hall–Kier alpha value is -2.20. The Balaban J connectivity index is 1.98. The number of hydrogen-bond acceptors (Lipinski definition) is 4. The minimum Gasteiger partial charge on any atom is -0.454 e. The monoisotopic (exact) mass is 331 g/mol. The number of hydrogen-bond donors (Lipinski definition) is 0. The maximum absolute atomic E-state index is 12.1. The predicted molar refractivity (Wildman–Crippen MR) is 89.0 cm³/mol. The molecule has 0 saturated heterocycles. The third kappa shape index (κ3) is 4.63. The molecule has 0 N–H and O–H groups in total. The quantitative estimate of drug-likeness (QED) is 0.481. The number of benzene rings is 1. The zero-order chi connectivity index (χ0) is 17.0.